The average molecular weight is 279 g/mol. The Balaban J connectivity index is 2.15. The van der Waals surface area contributed by atoms with Crippen molar-refractivity contribution in [2.45, 2.75) is 0 Å². The number of carbonyl (C=O) groups excluding carboxylic acids is 1. The van der Waals surface area contributed by atoms with Crippen molar-refractivity contribution < 1.29 is 4.79 Å². The zero-order chi connectivity index (χ0) is 11.4. The molecule has 0 saturated carbocycles. The van der Waals surface area contributed by atoms with Gasteiger partial charge in [0.1, 0.15) is 10.9 Å². The van der Waals surface area contributed by atoms with E-state index in [0.29, 0.717) is 15.9 Å². The highest BCUT2D eigenvalue weighted by Gasteiger charge is 2.06. The van der Waals surface area contributed by atoms with Gasteiger partial charge in [0.15, 0.2) is 0 Å². The summed E-state index contributed by atoms with van der Waals surface area (Å²) < 4.78 is 0.615. The number of anilines is 1. The maximum Gasteiger partial charge on any atom is 0.255 e. The number of carbonyl (C=O) groups is 1. The summed E-state index contributed by atoms with van der Waals surface area (Å²) in [4.78, 5) is 23.3. The number of amides is 1. The second kappa shape index (κ2) is 4.80. The number of nitrogens with zero attached hydrogens (tertiary/aromatic N) is 3. The molecule has 0 aliphatic carbocycles. The van der Waals surface area contributed by atoms with Crippen LogP contribution in [0.3, 0.4) is 0 Å². The van der Waals surface area contributed by atoms with Gasteiger partial charge in [-0.15, -0.1) is 0 Å². The van der Waals surface area contributed by atoms with Crippen molar-refractivity contribution in [1.82, 2.24) is 15.0 Å². The maximum absolute atomic E-state index is 11.8. The molecule has 0 atom stereocenters. The van der Waals surface area contributed by atoms with Crippen molar-refractivity contribution in [1.29, 1.82) is 0 Å². The standard InChI is InChI=1S/C10H7BrN4O/c11-9-3-7(1-2-14-9)10(16)15-8-4-12-6-13-5-8/h1-6H,(H,15,16). The van der Waals surface area contributed by atoms with Gasteiger partial charge in [0, 0.05) is 11.8 Å². The van der Waals surface area contributed by atoms with Crippen molar-refractivity contribution in [2.24, 2.45) is 0 Å². The van der Waals surface area contributed by atoms with Crippen LogP contribution in [0.15, 0.2) is 41.7 Å². The van der Waals surface area contributed by atoms with Crippen molar-refractivity contribution in [3.8, 4) is 0 Å². The van der Waals surface area contributed by atoms with Crippen LogP contribution >= 0.6 is 15.9 Å². The average Bonchev–Trinajstić information content (AvgIpc) is 2.30. The van der Waals surface area contributed by atoms with Crippen LogP contribution in [-0.2, 0) is 0 Å². The molecule has 0 radical (unpaired) electrons. The fourth-order valence-electron chi connectivity index (χ4n) is 1.11. The number of rotatable bonds is 2. The predicted octanol–water partition coefficient (Wildman–Crippen LogP) is 1.89. The van der Waals surface area contributed by atoms with Crippen LogP contribution in [0.4, 0.5) is 5.69 Å². The van der Waals surface area contributed by atoms with Crippen LogP contribution in [0.25, 0.3) is 0 Å². The first-order valence-electron chi connectivity index (χ1n) is 4.43. The van der Waals surface area contributed by atoms with Gasteiger partial charge in [-0.1, -0.05) is 0 Å². The molecule has 0 aromatic carbocycles. The van der Waals surface area contributed by atoms with E-state index in [4.69, 9.17) is 0 Å². The number of hydrogen-bond acceptors (Lipinski definition) is 4. The molecule has 2 rings (SSSR count). The molecule has 80 valence electrons. The molecule has 6 heteroatoms. The Labute approximate surface area is 100 Å². The van der Waals surface area contributed by atoms with Gasteiger partial charge in [-0.3, -0.25) is 4.79 Å². The fraction of sp³-hybridized carbons (Fsp3) is 0. The SMILES string of the molecule is O=C(Nc1cncnc1)c1ccnc(Br)c1. The zero-order valence-electron chi connectivity index (χ0n) is 8.09. The highest BCUT2D eigenvalue weighted by Crippen LogP contribution is 2.10. The van der Waals surface area contributed by atoms with Gasteiger partial charge in [0.25, 0.3) is 5.91 Å². The van der Waals surface area contributed by atoms with E-state index in [9.17, 15) is 4.79 Å². The molecule has 2 heterocycles. The van der Waals surface area contributed by atoms with Gasteiger partial charge < -0.3 is 5.32 Å². The van der Waals surface area contributed by atoms with Gasteiger partial charge in [-0.25, -0.2) is 15.0 Å². The molecular weight excluding hydrogens is 272 g/mol. The molecule has 0 aliphatic heterocycles. The van der Waals surface area contributed by atoms with E-state index in [2.05, 4.69) is 36.2 Å². The Morgan fingerprint density at radius 1 is 1.31 bits per heavy atom. The van der Waals surface area contributed by atoms with Gasteiger partial charge >= 0.3 is 0 Å². The number of aromatic nitrogens is 3. The summed E-state index contributed by atoms with van der Waals surface area (Å²) in [6, 6.07) is 3.27. The summed E-state index contributed by atoms with van der Waals surface area (Å²) in [7, 11) is 0. The third-order valence-corrected chi connectivity index (χ3v) is 2.24. The Morgan fingerprint density at radius 3 is 2.75 bits per heavy atom. The molecule has 2 aromatic heterocycles. The van der Waals surface area contributed by atoms with Crippen LogP contribution in [-0.4, -0.2) is 20.9 Å². The van der Waals surface area contributed by atoms with E-state index in [0.717, 1.165) is 0 Å². The lowest BCUT2D eigenvalue weighted by atomic mass is 10.2. The van der Waals surface area contributed by atoms with Crippen LogP contribution < -0.4 is 5.32 Å². The molecular formula is C10H7BrN4O. The van der Waals surface area contributed by atoms with Crippen molar-refractivity contribution in [2.75, 3.05) is 5.32 Å². The quantitative estimate of drug-likeness (QED) is 0.852. The van der Waals surface area contributed by atoms with E-state index in [1.807, 2.05) is 0 Å². The summed E-state index contributed by atoms with van der Waals surface area (Å²) >= 11 is 3.20. The Hall–Kier alpha value is -1.82. The number of hydrogen-bond donors (Lipinski definition) is 1. The first kappa shape index (κ1) is 10.7. The zero-order valence-corrected chi connectivity index (χ0v) is 9.68. The first-order valence-corrected chi connectivity index (χ1v) is 5.23. The van der Waals surface area contributed by atoms with Crippen LogP contribution in [0.1, 0.15) is 10.4 Å². The molecule has 2 aromatic rings. The lowest BCUT2D eigenvalue weighted by Crippen LogP contribution is -2.12. The third kappa shape index (κ3) is 2.60. The second-order valence-corrected chi connectivity index (χ2v) is 3.76. The van der Waals surface area contributed by atoms with Gasteiger partial charge in [0.2, 0.25) is 0 Å². The van der Waals surface area contributed by atoms with Gasteiger partial charge in [0.05, 0.1) is 18.1 Å². The lowest BCUT2D eigenvalue weighted by molar-refractivity contribution is 0.102. The van der Waals surface area contributed by atoms with Crippen molar-refractivity contribution in [3.05, 3.63) is 47.2 Å². The highest BCUT2D eigenvalue weighted by molar-refractivity contribution is 9.10. The summed E-state index contributed by atoms with van der Waals surface area (Å²) in [5.74, 6) is -0.224. The molecule has 5 nitrogen and oxygen atoms in total. The van der Waals surface area contributed by atoms with Crippen LogP contribution in [0.2, 0.25) is 0 Å². The topological polar surface area (TPSA) is 67.8 Å². The van der Waals surface area contributed by atoms with Crippen molar-refractivity contribution in [3.63, 3.8) is 0 Å². The smallest absolute Gasteiger partial charge is 0.255 e. The summed E-state index contributed by atoms with van der Waals surface area (Å²) in [5.41, 5.74) is 1.08. The fourth-order valence-corrected chi connectivity index (χ4v) is 1.48. The minimum atomic E-state index is -0.224. The van der Waals surface area contributed by atoms with Crippen molar-refractivity contribution >= 4 is 27.5 Å². The second-order valence-electron chi connectivity index (χ2n) is 2.95. The molecule has 0 saturated heterocycles. The van der Waals surface area contributed by atoms with E-state index < -0.39 is 0 Å². The lowest BCUT2D eigenvalue weighted by Gasteiger charge is -2.03. The molecule has 0 spiro atoms. The highest BCUT2D eigenvalue weighted by atomic mass is 79.9. The molecule has 0 fully saturated rings. The van der Waals surface area contributed by atoms with E-state index >= 15 is 0 Å². The predicted molar refractivity (Wildman–Crippen MR) is 61.9 cm³/mol. The normalized spacial score (nSPS) is 9.81. The van der Waals surface area contributed by atoms with Gasteiger partial charge in [-0.2, -0.15) is 0 Å². The Kier molecular flexibility index (Phi) is 3.21. The molecule has 0 aliphatic rings. The Morgan fingerprint density at radius 2 is 2.06 bits per heavy atom. The molecule has 0 bridgehead atoms. The van der Waals surface area contributed by atoms with Crippen LogP contribution in [0, 0.1) is 0 Å². The summed E-state index contributed by atoms with van der Waals surface area (Å²) in [6.07, 6.45) is 6.02. The minimum Gasteiger partial charge on any atom is -0.319 e. The largest absolute Gasteiger partial charge is 0.319 e. The minimum absolute atomic E-state index is 0.224. The maximum atomic E-state index is 11.8. The van der Waals surface area contributed by atoms with E-state index in [1.165, 1.54) is 18.7 Å². The molecule has 1 N–H and O–H groups in total. The van der Waals surface area contributed by atoms with Gasteiger partial charge in [-0.05, 0) is 28.1 Å². The van der Waals surface area contributed by atoms with E-state index in [1.54, 1.807) is 18.3 Å². The Bertz CT molecular complexity index is 503. The van der Waals surface area contributed by atoms with E-state index in [-0.39, 0.29) is 5.91 Å². The number of pyridine rings is 1. The third-order valence-electron chi connectivity index (χ3n) is 1.81. The summed E-state index contributed by atoms with van der Waals surface area (Å²) in [6.45, 7) is 0. The monoisotopic (exact) mass is 278 g/mol. The summed E-state index contributed by atoms with van der Waals surface area (Å²) in [5, 5.41) is 2.67. The molecule has 1 amide bonds. The molecule has 0 unspecified atom stereocenters. The number of halogens is 1. The first-order chi connectivity index (χ1) is 7.75. The van der Waals surface area contributed by atoms with Crippen LogP contribution in [0.5, 0.6) is 0 Å². The number of nitrogens with one attached hydrogen (secondary N) is 1. The molecule has 16 heavy (non-hydrogen) atoms.